The van der Waals surface area contributed by atoms with Gasteiger partial charge in [-0.3, -0.25) is 9.69 Å². The van der Waals surface area contributed by atoms with Crippen LogP contribution in [0, 0.1) is 5.41 Å². The second-order valence-corrected chi connectivity index (χ2v) is 7.55. The van der Waals surface area contributed by atoms with Crippen molar-refractivity contribution in [1.29, 1.82) is 0 Å². The van der Waals surface area contributed by atoms with Crippen LogP contribution in [0.2, 0.25) is 0 Å². The predicted molar refractivity (Wildman–Crippen MR) is 92.1 cm³/mol. The van der Waals surface area contributed by atoms with E-state index < -0.39 is 0 Å². The summed E-state index contributed by atoms with van der Waals surface area (Å²) in [6.45, 7) is 5.74. The van der Waals surface area contributed by atoms with Gasteiger partial charge in [0.25, 0.3) is 0 Å². The topological polar surface area (TPSA) is 31.7 Å². The van der Waals surface area contributed by atoms with Gasteiger partial charge in [-0.15, -0.1) is 0 Å². The zero-order valence-corrected chi connectivity index (χ0v) is 14.8. The Morgan fingerprint density at radius 1 is 1.26 bits per heavy atom. The van der Waals surface area contributed by atoms with Crippen LogP contribution in [0.15, 0.2) is 18.3 Å². The summed E-state index contributed by atoms with van der Waals surface area (Å²) in [7, 11) is 6.23. The van der Waals surface area contributed by atoms with Gasteiger partial charge in [0.1, 0.15) is 0 Å². The van der Waals surface area contributed by atoms with Gasteiger partial charge >= 0.3 is 0 Å². The number of aryl methyl sites for hydroxylation is 1. The van der Waals surface area contributed by atoms with Crippen LogP contribution in [-0.4, -0.2) is 72.0 Å². The lowest BCUT2D eigenvalue weighted by atomic mass is 9.78. The van der Waals surface area contributed by atoms with Crippen LogP contribution >= 0.6 is 0 Å². The van der Waals surface area contributed by atoms with E-state index in [9.17, 15) is 4.79 Å². The molecular formula is C18H30N4O. The molecule has 2 saturated heterocycles. The quantitative estimate of drug-likeness (QED) is 0.822. The van der Waals surface area contributed by atoms with Crippen molar-refractivity contribution in [3.63, 3.8) is 0 Å². The van der Waals surface area contributed by atoms with E-state index in [4.69, 9.17) is 0 Å². The molecule has 2 fully saturated rings. The van der Waals surface area contributed by atoms with Gasteiger partial charge in [-0.05, 0) is 52.0 Å². The lowest BCUT2D eigenvalue weighted by molar-refractivity contribution is -0.139. The van der Waals surface area contributed by atoms with Gasteiger partial charge in [0.05, 0.1) is 5.41 Å². The van der Waals surface area contributed by atoms with Crippen LogP contribution in [0.3, 0.4) is 0 Å². The second kappa shape index (κ2) is 6.65. The highest BCUT2D eigenvalue weighted by Gasteiger charge is 2.48. The molecule has 3 heterocycles. The predicted octanol–water partition coefficient (Wildman–Crippen LogP) is 1.40. The number of piperidine rings is 1. The van der Waals surface area contributed by atoms with Crippen LogP contribution in [0.5, 0.6) is 0 Å². The maximum Gasteiger partial charge on any atom is 0.230 e. The van der Waals surface area contributed by atoms with Crippen molar-refractivity contribution < 1.29 is 4.79 Å². The van der Waals surface area contributed by atoms with Gasteiger partial charge < -0.3 is 14.4 Å². The lowest BCUT2D eigenvalue weighted by Gasteiger charge is -2.39. The normalized spacial score (nSPS) is 25.9. The zero-order chi connectivity index (χ0) is 16.4. The SMILES string of the molecule is CN(C)CCN1CC[C@@]2(CCCN(Cc3cccn3C)C2)C1=O. The van der Waals surface area contributed by atoms with E-state index in [1.165, 1.54) is 5.69 Å². The van der Waals surface area contributed by atoms with E-state index in [1.807, 2.05) is 0 Å². The summed E-state index contributed by atoms with van der Waals surface area (Å²) in [5, 5.41) is 0. The van der Waals surface area contributed by atoms with Gasteiger partial charge in [-0.25, -0.2) is 0 Å². The zero-order valence-electron chi connectivity index (χ0n) is 14.8. The largest absolute Gasteiger partial charge is 0.353 e. The highest BCUT2D eigenvalue weighted by molar-refractivity contribution is 5.85. The Balaban J connectivity index is 1.63. The Hall–Kier alpha value is -1.33. The standard InChI is InChI=1S/C18H30N4O/c1-19(2)12-13-22-11-8-18(17(22)23)7-5-10-21(15-18)14-16-6-4-9-20(16)3/h4,6,9H,5,7-8,10-15H2,1-3H3/t18-/m1/s1. The summed E-state index contributed by atoms with van der Waals surface area (Å²) in [6.07, 6.45) is 5.33. The Bertz CT molecular complexity index is 553. The third kappa shape index (κ3) is 3.45. The highest BCUT2D eigenvalue weighted by Crippen LogP contribution is 2.40. The molecule has 1 aromatic rings. The first kappa shape index (κ1) is 16.5. The molecule has 0 radical (unpaired) electrons. The fourth-order valence-electron chi connectivity index (χ4n) is 4.06. The molecule has 2 aliphatic heterocycles. The van der Waals surface area contributed by atoms with Gasteiger partial charge in [0.15, 0.2) is 0 Å². The highest BCUT2D eigenvalue weighted by atomic mass is 16.2. The van der Waals surface area contributed by atoms with Gasteiger partial charge in [-0.1, -0.05) is 0 Å². The maximum absolute atomic E-state index is 13.0. The summed E-state index contributed by atoms with van der Waals surface area (Å²) in [6, 6.07) is 4.28. The smallest absolute Gasteiger partial charge is 0.230 e. The van der Waals surface area contributed by atoms with Crippen molar-refractivity contribution >= 4 is 5.91 Å². The first-order valence-corrected chi connectivity index (χ1v) is 8.77. The van der Waals surface area contributed by atoms with E-state index in [2.05, 4.69) is 58.7 Å². The van der Waals surface area contributed by atoms with Crippen molar-refractivity contribution in [3.05, 3.63) is 24.0 Å². The fraction of sp³-hybridized carbons (Fsp3) is 0.722. The molecule has 0 saturated carbocycles. The Kier molecular flexibility index (Phi) is 4.78. The number of likely N-dealkylation sites (tertiary alicyclic amines) is 2. The molecule has 1 spiro atoms. The molecule has 5 nitrogen and oxygen atoms in total. The molecule has 0 aromatic carbocycles. The Morgan fingerprint density at radius 3 is 2.78 bits per heavy atom. The van der Waals surface area contributed by atoms with Crippen LogP contribution in [0.1, 0.15) is 25.0 Å². The number of likely N-dealkylation sites (N-methyl/N-ethyl adjacent to an activating group) is 1. The van der Waals surface area contributed by atoms with E-state index in [1.54, 1.807) is 0 Å². The number of carbonyl (C=O) groups is 1. The minimum atomic E-state index is -0.115. The van der Waals surface area contributed by atoms with Crippen molar-refractivity contribution in [1.82, 2.24) is 19.3 Å². The van der Waals surface area contributed by atoms with Crippen molar-refractivity contribution in [2.45, 2.75) is 25.8 Å². The van der Waals surface area contributed by atoms with Crippen LogP contribution in [0.4, 0.5) is 0 Å². The van der Waals surface area contributed by atoms with Crippen LogP contribution < -0.4 is 0 Å². The molecule has 23 heavy (non-hydrogen) atoms. The average Bonchev–Trinajstić information content (AvgIpc) is 3.04. The Labute approximate surface area is 139 Å². The van der Waals surface area contributed by atoms with Gasteiger partial charge in [-0.2, -0.15) is 0 Å². The van der Waals surface area contributed by atoms with E-state index in [0.717, 1.165) is 58.5 Å². The molecule has 128 valence electrons. The summed E-state index contributed by atoms with van der Waals surface area (Å²) < 4.78 is 2.18. The average molecular weight is 318 g/mol. The molecule has 0 aliphatic carbocycles. The lowest BCUT2D eigenvalue weighted by Crippen LogP contribution is -2.48. The summed E-state index contributed by atoms with van der Waals surface area (Å²) in [5.74, 6) is 0.399. The first-order valence-electron chi connectivity index (χ1n) is 8.77. The van der Waals surface area contributed by atoms with Crippen molar-refractivity contribution in [2.24, 2.45) is 12.5 Å². The molecule has 0 bridgehead atoms. The Morgan fingerprint density at radius 2 is 2.09 bits per heavy atom. The van der Waals surface area contributed by atoms with Crippen molar-refractivity contribution in [3.8, 4) is 0 Å². The summed E-state index contributed by atoms with van der Waals surface area (Å²) in [4.78, 5) is 19.7. The molecule has 0 unspecified atom stereocenters. The molecular weight excluding hydrogens is 288 g/mol. The molecule has 1 aromatic heterocycles. The van der Waals surface area contributed by atoms with Gasteiger partial charge in [0, 0.05) is 51.7 Å². The second-order valence-electron chi connectivity index (χ2n) is 7.55. The van der Waals surface area contributed by atoms with E-state index >= 15 is 0 Å². The number of hydrogen-bond donors (Lipinski definition) is 0. The number of nitrogens with zero attached hydrogens (tertiary/aromatic N) is 4. The maximum atomic E-state index is 13.0. The fourth-order valence-corrected chi connectivity index (χ4v) is 4.06. The minimum absolute atomic E-state index is 0.115. The molecule has 1 amide bonds. The number of amides is 1. The van der Waals surface area contributed by atoms with Crippen LogP contribution in [-0.2, 0) is 18.4 Å². The number of carbonyl (C=O) groups excluding carboxylic acids is 1. The van der Waals surface area contributed by atoms with Crippen molar-refractivity contribution in [2.75, 3.05) is 46.8 Å². The summed E-state index contributed by atoms with van der Waals surface area (Å²) in [5.41, 5.74) is 1.22. The molecule has 1 atom stereocenters. The number of aromatic nitrogens is 1. The van der Waals surface area contributed by atoms with E-state index in [-0.39, 0.29) is 5.41 Å². The van der Waals surface area contributed by atoms with Gasteiger partial charge in [0.2, 0.25) is 5.91 Å². The van der Waals surface area contributed by atoms with Crippen LogP contribution in [0.25, 0.3) is 0 Å². The molecule has 5 heteroatoms. The third-order valence-electron chi connectivity index (χ3n) is 5.51. The number of rotatable bonds is 5. The summed E-state index contributed by atoms with van der Waals surface area (Å²) >= 11 is 0. The monoisotopic (exact) mass is 318 g/mol. The first-order chi connectivity index (χ1) is 11.0. The number of hydrogen-bond acceptors (Lipinski definition) is 3. The molecule has 3 rings (SSSR count). The third-order valence-corrected chi connectivity index (χ3v) is 5.51. The van der Waals surface area contributed by atoms with E-state index in [0.29, 0.717) is 5.91 Å². The molecule has 0 N–H and O–H groups in total. The molecule has 2 aliphatic rings. The minimum Gasteiger partial charge on any atom is -0.353 e.